The zero-order valence-electron chi connectivity index (χ0n) is 12.9. The zero-order valence-corrected chi connectivity index (χ0v) is 14.5. The zero-order chi connectivity index (χ0) is 16.7. The molecule has 1 N–H and O–H groups in total. The van der Waals surface area contributed by atoms with Gasteiger partial charge in [0.25, 0.3) is 0 Å². The van der Waals surface area contributed by atoms with Gasteiger partial charge < -0.3 is 9.88 Å². The first-order chi connectivity index (χ1) is 11.1. The van der Waals surface area contributed by atoms with Crippen LogP contribution in [0.5, 0.6) is 0 Å². The topological polar surface area (TPSA) is 83.6 Å². The van der Waals surface area contributed by atoms with E-state index < -0.39 is 0 Å². The number of nitrogens with one attached hydrogen (secondary N) is 1. The number of carbonyl (C=O) groups is 1. The average Bonchev–Trinajstić information content (AvgIpc) is 2.93. The van der Waals surface area contributed by atoms with Crippen molar-refractivity contribution < 1.29 is 4.79 Å². The van der Waals surface area contributed by atoms with Gasteiger partial charge in [-0.15, -0.1) is 22.0 Å². The monoisotopic (exact) mass is 347 g/mol. The lowest BCUT2D eigenvalue weighted by Crippen LogP contribution is -2.15. The molecule has 0 spiro atoms. The summed E-state index contributed by atoms with van der Waals surface area (Å²) in [5.74, 6) is 0.165. The van der Waals surface area contributed by atoms with Gasteiger partial charge in [0.15, 0.2) is 5.16 Å². The normalized spacial score (nSPS) is 11.7. The molecule has 0 unspecified atom stereocenters. The summed E-state index contributed by atoms with van der Waals surface area (Å²) in [4.78, 5) is 13.1. The van der Waals surface area contributed by atoms with Crippen LogP contribution >= 0.6 is 23.5 Å². The van der Waals surface area contributed by atoms with Crippen molar-refractivity contribution in [2.75, 3.05) is 11.1 Å². The number of aromatic nitrogens is 3. The summed E-state index contributed by atoms with van der Waals surface area (Å²) in [5, 5.41) is 20.3. The van der Waals surface area contributed by atoms with Crippen LogP contribution in [0.15, 0.2) is 40.6 Å². The molecule has 1 heterocycles. The number of nitrogens with zero attached hydrogens (tertiary/aromatic N) is 4. The Kier molecular flexibility index (Phi) is 6.50. The number of hydrogen-bond donors (Lipinski definition) is 1. The van der Waals surface area contributed by atoms with Gasteiger partial charge in [0, 0.05) is 23.6 Å². The first-order valence-corrected chi connectivity index (χ1v) is 8.86. The lowest BCUT2D eigenvalue weighted by Gasteiger charge is -2.13. The van der Waals surface area contributed by atoms with Crippen LogP contribution in [-0.2, 0) is 11.8 Å². The van der Waals surface area contributed by atoms with E-state index in [0.29, 0.717) is 11.6 Å². The fraction of sp³-hybridized carbons (Fsp3) is 0.333. The highest BCUT2D eigenvalue weighted by atomic mass is 32.2. The summed E-state index contributed by atoms with van der Waals surface area (Å²) in [6.45, 7) is 2.00. The Labute approximate surface area is 143 Å². The quantitative estimate of drug-likeness (QED) is 0.775. The molecule has 0 saturated heterocycles. The van der Waals surface area contributed by atoms with Crippen LogP contribution in [0.2, 0.25) is 0 Å². The van der Waals surface area contributed by atoms with E-state index in [9.17, 15) is 4.79 Å². The number of aryl methyl sites for hydroxylation is 1. The van der Waals surface area contributed by atoms with Gasteiger partial charge in [0.2, 0.25) is 5.91 Å². The number of amides is 1. The molecule has 2 rings (SSSR count). The number of thioether (sulfide) groups is 2. The molecule has 1 aromatic carbocycles. The van der Waals surface area contributed by atoms with E-state index in [2.05, 4.69) is 21.6 Å². The summed E-state index contributed by atoms with van der Waals surface area (Å²) < 4.78 is 1.77. The van der Waals surface area contributed by atoms with E-state index in [0.717, 1.165) is 10.6 Å². The van der Waals surface area contributed by atoms with E-state index in [1.54, 1.807) is 22.7 Å². The molecule has 1 atom stereocenters. The first-order valence-electron chi connectivity index (χ1n) is 6.99. The highest BCUT2D eigenvalue weighted by molar-refractivity contribution is 8.00. The van der Waals surface area contributed by atoms with Gasteiger partial charge in [-0.2, -0.15) is 5.26 Å². The second-order valence-electron chi connectivity index (χ2n) is 4.85. The number of para-hydroxylation sites is 1. The fourth-order valence-electron chi connectivity index (χ4n) is 1.78. The van der Waals surface area contributed by atoms with Crippen LogP contribution in [-0.4, -0.2) is 31.7 Å². The molecular weight excluding hydrogens is 330 g/mol. The Morgan fingerprint density at radius 3 is 2.96 bits per heavy atom. The summed E-state index contributed by atoms with van der Waals surface area (Å²) >= 11 is 2.92. The molecule has 23 heavy (non-hydrogen) atoms. The summed E-state index contributed by atoms with van der Waals surface area (Å²) in [7, 11) is 1.84. The molecule has 0 fully saturated rings. The number of benzene rings is 1. The molecule has 1 amide bonds. The van der Waals surface area contributed by atoms with Crippen LogP contribution < -0.4 is 5.32 Å². The highest BCUT2D eigenvalue weighted by Crippen LogP contribution is 2.31. The molecule has 0 bridgehead atoms. The number of nitriles is 1. The number of anilines is 1. The average molecular weight is 347 g/mol. The predicted octanol–water partition coefficient (Wildman–Crippen LogP) is 2.94. The maximum atomic E-state index is 12.1. The van der Waals surface area contributed by atoms with E-state index in [1.165, 1.54) is 11.8 Å². The van der Waals surface area contributed by atoms with Gasteiger partial charge in [-0.25, -0.2) is 0 Å². The van der Waals surface area contributed by atoms with Crippen LogP contribution in [0.3, 0.4) is 0 Å². The maximum absolute atomic E-state index is 12.1. The standard InChI is InChI=1S/C15H17N5OS2/c1-11(7-8-16)23-13-6-4-3-5-12(13)18-14(21)9-22-15-19-17-10-20(15)2/h3-6,10-11H,7,9H2,1-2H3,(H,18,21)/t11-/m1/s1. The smallest absolute Gasteiger partial charge is 0.234 e. The van der Waals surface area contributed by atoms with Gasteiger partial charge >= 0.3 is 0 Å². The van der Waals surface area contributed by atoms with Crippen LogP contribution in [0.1, 0.15) is 13.3 Å². The van der Waals surface area contributed by atoms with Crippen LogP contribution in [0.25, 0.3) is 0 Å². The summed E-state index contributed by atoms with van der Waals surface area (Å²) in [6, 6.07) is 9.78. The molecule has 1 aromatic heterocycles. The van der Waals surface area contributed by atoms with E-state index in [-0.39, 0.29) is 16.9 Å². The SMILES string of the molecule is C[C@H](CC#N)Sc1ccccc1NC(=O)CSc1nncn1C. The van der Waals surface area contributed by atoms with Crippen molar-refractivity contribution in [2.45, 2.75) is 28.6 Å². The lowest BCUT2D eigenvalue weighted by molar-refractivity contribution is -0.113. The summed E-state index contributed by atoms with van der Waals surface area (Å²) in [5.41, 5.74) is 0.769. The molecule has 2 aromatic rings. The predicted molar refractivity (Wildman–Crippen MR) is 92.3 cm³/mol. The molecule has 0 aliphatic carbocycles. The Bertz CT molecular complexity index is 710. The van der Waals surface area contributed by atoms with Gasteiger partial charge in [0.1, 0.15) is 6.33 Å². The molecule has 0 radical (unpaired) electrons. The summed E-state index contributed by atoms with van der Waals surface area (Å²) in [6.07, 6.45) is 2.07. The maximum Gasteiger partial charge on any atom is 0.234 e. The van der Waals surface area contributed by atoms with Crippen molar-refractivity contribution in [3.05, 3.63) is 30.6 Å². The van der Waals surface area contributed by atoms with Gasteiger partial charge in [-0.3, -0.25) is 4.79 Å². The van der Waals surface area contributed by atoms with Crippen molar-refractivity contribution in [3.63, 3.8) is 0 Å². The second kappa shape index (κ2) is 8.60. The number of carbonyl (C=O) groups excluding carboxylic acids is 1. The Hall–Kier alpha value is -1.98. The molecule has 0 saturated carbocycles. The number of rotatable bonds is 7. The van der Waals surface area contributed by atoms with Crippen LogP contribution in [0.4, 0.5) is 5.69 Å². The Morgan fingerprint density at radius 2 is 2.26 bits per heavy atom. The van der Waals surface area contributed by atoms with E-state index in [4.69, 9.17) is 5.26 Å². The third kappa shape index (κ3) is 5.30. The molecule has 0 aliphatic rings. The minimum atomic E-state index is -0.0982. The van der Waals surface area contributed by atoms with Gasteiger partial charge in [-0.1, -0.05) is 30.8 Å². The van der Waals surface area contributed by atoms with Crippen molar-refractivity contribution >= 4 is 35.1 Å². The Balaban J connectivity index is 1.95. The van der Waals surface area contributed by atoms with Crippen molar-refractivity contribution in [1.29, 1.82) is 5.26 Å². The molecular formula is C15H17N5OS2. The molecule has 6 nitrogen and oxygen atoms in total. The van der Waals surface area contributed by atoms with E-state index >= 15 is 0 Å². The minimum Gasteiger partial charge on any atom is -0.324 e. The largest absolute Gasteiger partial charge is 0.324 e. The minimum absolute atomic E-state index is 0.0982. The Morgan fingerprint density at radius 1 is 1.48 bits per heavy atom. The molecule has 8 heteroatoms. The van der Waals surface area contributed by atoms with E-state index in [1.807, 2.05) is 38.2 Å². The molecule has 120 valence electrons. The van der Waals surface area contributed by atoms with Crippen molar-refractivity contribution in [3.8, 4) is 6.07 Å². The van der Waals surface area contributed by atoms with Gasteiger partial charge in [0.05, 0.1) is 17.5 Å². The third-order valence-corrected chi connectivity index (χ3v) is 5.08. The van der Waals surface area contributed by atoms with Crippen LogP contribution in [0, 0.1) is 11.3 Å². The van der Waals surface area contributed by atoms with Crippen molar-refractivity contribution in [1.82, 2.24) is 14.8 Å². The highest BCUT2D eigenvalue weighted by Gasteiger charge is 2.12. The van der Waals surface area contributed by atoms with Crippen molar-refractivity contribution in [2.24, 2.45) is 7.05 Å². The number of hydrogen-bond acceptors (Lipinski definition) is 6. The second-order valence-corrected chi connectivity index (χ2v) is 7.27. The first kappa shape index (κ1) is 17.4. The van der Waals surface area contributed by atoms with Gasteiger partial charge in [-0.05, 0) is 12.1 Å². The third-order valence-electron chi connectivity index (χ3n) is 2.87. The lowest BCUT2D eigenvalue weighted by atomic mass is 10.3. The molecule has 0 aliphatic heterocycles. The fourth-order valence-corrected chi connectivity index (χ4v) is 3.46.